The highest BCUT2D eigenvalue weighted by molar-refractivity contribution is 6.30. The zero-order chi connectivity index (χ0) is 13.8. The van der Waals surface area contributed by atoms with E-state index in [1.165, 1.54) is 6.07 Å². The lowest BCUT2D eigenvalue weighted by Crippen LogP contribution is -1.97. The predicted octanol–water partition coefficient (Wildman–Crippen LogP) is 5.21. The maximum Gasteiger partial charge on any atom is 0.129 e. The van der Waals surface area contributed by atoms with Crippen LogP contribution in [-0.4, -0.2) is 6.61 Å². The number of hydrogen-bond donors (Lipinski definition) is 0. The van der Waals surface area contributed by atoms with E-state index in [1.54, 1.807) is 12.1 Å². The maximum absolute atomic E-state index is 13.8. The van der Waals surface area contributed by atoms with Gasteiger partial charge < -0.3 is 4.74 Å². The van der Waals surface area contributed by atoms with Gasteiger partial charge >= 0.3 is 0 Å². The van der Waals surface area contributed by atoms with Crippen molar-refractivity contribution in [1.82, 2.24) is 0 Å². The fraction of sp³-hybridized carbons (Fsp3) is 0.200. The van der Waals surface area contributed by atoms with Crippen molar-refractivity contribution in [3.05, 3.63) is 64.4 Å². The summed E-state index contributed by atoms with van der Waals surface area (Å²) in [5, 5.41) is -0.190. The standard InChI is InChI=1S/C15H13Cl2FO/c1-2-19-12-6-3-10(4-7-12)15(17)13-8-5-11(16)9-14(13)18/h3-9,15H,2H2,1H3. The second-order valence-electron chi connectivity index (χ2n) is 4.03. The van der Waals surface area contributed by atoms with Crippen LogP contribution in [0, 0.1) is 5.82 Å². The van der Waals surface area contributed by atoms with E-state index in [2.05, 4.69) is 0 Å². The average Bonchev–Trinajstić information content (AvgIpc) is 2.39. The van der Waals surface area contributed by atoms with Crippen molar-refractivity contribution >= 4 is 23.2 Å². The molecule has 0 N–H and O–H groups in total. The molecule has 2 rings (SSSR count). The summed E-state index contributed by atoms with van der Waals surface area (Å²) < 4.78 is 19.1. The van der Waals surface area contributed by atoms with Gasteiger partial charge in [0.1, 0.15) is 11.6 Å². The maximum atomic E-state index is 13.8. The minimum atomic E-state index is -0.548. The van der Waals surface area contributed by atoms with E-state index in [1.807, 2.05) is 31.2 Å². The summed E-state index contributed by atoms with van der Waals surface area (Å²) in [6.07, 6.45) is 0. The van der Waals surface area contributed by atoms with Crippen molar-refractivity contribution in [2.75, 3.05) is 6.61 Å². The van der Waals surface area contributed by atoms with Crippen LogP contribution in [0.25, 0.3) is 0 Å². The molecule has 19 heavy (non-hydrogen) atoms. The van der Waals surface area contributed by atoms with Gasteiger partial charge in [0.25, 0.3) is 0 Å². The van der Waals surface area contributed by atoms with Crippen molar-refractivity contribution in [3.63, 3.8) is 0 Å². The first kappa shape index (κ1) is 14.2. The summed E-state index contributed by atoms with van der Waals surface area (Å²) in [5.74, 6) is 0.369. The molecule has 1 unspecified atom stereocenters. The Morgan fingerprint density at radius 1 is 1.16 bits per heavy atom. The molecule has 1 nitrogen and oxygen atoms in total. The van der Waals surface area contributed by atoms with E-state index < -0.39 is 11.2 Å². The molecule has 0 saturated heterocycles. The third-order valence-electron chi connectivity index (χ3n) is 2.72. The smallest absolute Gasteiger partial charge is 0.129 e. The van der Waals surface area contributed by atoms with Crippen LogP contribution >= 0.6 is 23.2 Å². The first-order valence-corrected chi connectivity index (χ1v) is 6.75. The van der Waals surface area contributed by atoms with Gasteiger partial charge in [0.15, 0.2) is 0 Å². The Hall–Kier alpha value is -1.25. The average molecular weight is 299 g/mol. The van der Waals surface area contributed by atoms with Gasteiger partial charge in [0.2, 0.25) is 0 Å². The lowest BCUT2D eigenvalue weighted by atomic mass is 10.0. The number of alkyl halides is 1. The molecule has 0 saturated carbocycles. The third kappa shape index (κ3) is 3.40. The van der Waals surface area contributed by atoms with Crippen LogP contribution in [-0.2, 0) is 0 Å². The van der Waals surface area contributed by atoms with Gasteiger partial charge in [-0.2, -0.15) is 0 Å². The van der Waals surface area contributed by atoms with Gasteiger partial charge in [0, 0.05) is 10.6 Å². The first-order valence-electron chi connectivity index (χ1n) is 5.93. The lowest BCUT2D eigenvalue weighted by molar-refractivity contribution is 0.340. The van der Waals surface area contributed by atoms with Crippen LogP contribution in [0.15, 0.2) is 42.5 Å². The molecule has 2 aromatic rings. The molecule has 0 aliphatic heterocycles. The first-order chi connectivity index (χ1) is 9.11. The molecule has 0 spiro atoms. The molecule has 4 heteroatoms. The normalized spacial score (nSPS) is 12.2. The quantitative estimate of drug-likeness (QED) is 0.704. The summed E-state index contributed by atoms with van der Waals surface area (Å²) in [6.45, 7) is 2.52. The summed E-state index contributed by atoms with van der Waals surface area (Å²) in [7, 11) is 0. The number of rotatable bonds is 4. The molecule has 1 atom stereocenters. The molecule has 0 aliphatic carbocycles. The number of benzene rings is 2. The van der Waals surface area contributed by atoms with Crippen LogP contribution < -0.4 is 4.74 Å². The van der Waals surface area contributed by atoms with E-state index >= 15 is 0 Å². The Labute approximate surface area is 121 Å². The monoisotopic (exact) mass is 298 g/mol. The summed E-state index contributed by atoms with van der Waals surface area (Å²) in [5.41, 5.74) is 1.22. The van der Waals surface area contributed by atoms with Crippen LogP contribution in [0.3, 0.4) is 0 Å². The van der Waals surface area contributed by atoms with Crippen LogP contribution in [0.2, 0.25) is 5.02 Å². The van der Waals surface area contributed by atoms with E-state index in [0.717, 1.165) is 11.3 Å². The molecule has 0 bridgehead atoms. The second-order valence-corrected chi connectivity index (χ2v) is 4.90. The van der Waals surface area contributed by atoms with Crippen molar-refractivity contribution < 1.29 is 9.13 Å². The van der Waals surface area contributed by atoms with E-state index in [9.17, 15) is 4.39 Å². The van der Waals surface area contributed by atoms with Gasteiger partial charge in [-0.25, -0.2) is 4.39 Å². The zero-order valence-corrected chi connectivity index (χ0v) is 11.9. The largest absolute Gasteiger partial charge is 0.494 e. The Balaban J connectivity index is 2.25. The van der Waals surface area contributed by atoms with Crippen molar-refractivity contribution in [2.24, 2.45) is 0 Å². The van der Waals surface area contributed by atoms with Crippen LogP contribution in [0.1, 0.15) is 23.4 Å². The van der Waals surface area contributed by atoms with E-state index in [-0.39, 0.29) is 0 Å². The fourth-order valence-corrected chi connectivity index (χ4v) is 2.27. The van der Waals surface area contributed by atoms with E-state index in [0.29, 0.717) is 17.2 Å². The Bertz CT molecular complexity index is 555. The molecular formula is C15H13Cl2FO. The predicted molar refractivity (Wildman–Crippen MR) is 76.7 cm³/mol. The van der Waals surface area contributed by atoms with Gasteiger partial charge in [-0.15, -0.1) is 11.6 Å². The minimum Gasteiger partial charge on any atom is -0.494 e. The number of hydrogen-bond acceptors (Lipinski definition) is 1. The Morgan fingerprint density at radius 2 is 1.84 bits per heavy atom. The zero-order valence-electron chi connectivity index (χ0n) is 10.4. The topological polar surface area (TPSA) is 9.23 Å². The molecule has 0 radical (unpaired) electrons. The minimum absolute atomic E-state index is 0.358. The number of halogens is 3. The Kier molecular flexibility index (Phi) is 4.67. The summed E-state index contributed by atoms with van der Waals surface area (Å²) in [6, 6.07) is 11.8. The molecule has 0 fully saturated rings. The molecule has 0 heterocycles. The van der Waals surface area contributed by atoms with Crippen molar-refractivity contribution in [3.8, 4) is 5.75 Å². The van der Waals surface area contributed by atoms with Crippen molar-refractivity contribution in [2.45, 2.75) is 12.3 Å². The third-order valence-corrected chi connectivity index (χ3v) is 3.44. The van der Waals surface area contributed by atoms with Gasteiger partial charge in [-0.1, -0.05) is 29.8 Å². The van der Waals surface area contributed by atoms with Crippen LogP contribution in [0.4, 0.5) is 4.39 Å². The van der Waals surface area contributed by atoms with Crippen LogP contribution in [0.5, 0.6) is 5.75 Å². The fourth-order valence-electron chi connectivity index (χ4n) is 1.79. The van der Waals surface area contributed by atoms with Crippen molar-refractivity contribution in [1.29, 1.82) is 0 Å². The van der Waals surface area contributed by atoms with E-state index in [4.69, 9.17) is 27.9 Å². The van der Waals surface area contributed by atoms with Gasteiger partial charge in [0.05, 0.1) is 12.0 Å². The Morgan fingerprint density at radius 3 is 2.42 bits per heavy atom. The highest BCUT2D eigenvalue weighted by Crippen LogP contribution is 2.32. The lowest BCUT2D eigenvalue weighted by Gasteiger charge is -2.12. The number of ether oxygens (including phenoxy) is 1. The highest BCUT2D eigenvalue weighted by Gasteiger charge is 2.15. The van der Waals surface area contributed by atoms with Gasteiger partial charge in [-0.3, -0.25) is 0 Å². The second kappa shape index (κ2) is 6.27. The van der Waals surface area contributed by atoms with Gasteiger partial charge in [-0.05, 0) is 36.8 Å². The molecule has 0 aromatic heterocycles. The summed E-state index contributed by atoms with van der Waals surface area (Å²) >= 11 is 12.0. The summed E-state index contributed by atoms with van der Waals surface area (Å²) in [4.78, 5) is 0. The molecule has 0 aliphatic rings. The SMILES string of the molecule is CCOc1ccc(C(Cl)c2ccc(Cl)cc2F)cc1. The molecule has 0 amide bonds. The molecule has 100 valence electrons. The molecular weight excluding hydrogens is 286 g/mol. The highest BCUT2D eigenvalue weighted by atomic mass is 35.5. The molecule has 2 aromatic carbocycles.